The Bertz CT molecular complexity index is 1150. The van der Waals surface area contributed by atoms with Crippen LogP contribution in [0.3, 0.4) is 0 Å². The van der Waals surface area contributed by atoms with Crippen LogP contribution in [-0.2, 0) is 31.3 Å². The van der Waals surface area contributed by atoms with Crippen LogP contribution in [0.4, 0.5) is 10.1 Å². The molecule has 0 aromatic heterocycles. The van der Waals surface area contributed by atoms with Gasteiger partial charge in [0.15, 0.2) is 0 Å². The van der Waals surface area contributed by atoms with Crippen molar-refractivity contribution in [3.05, 3.63) is 65.5 Å². The maximum absolute atomic E-state index is 13.6. The second-order valence-corrected chi connectivity index (χ2v) is 8.46. The number of likely N-dealkylation sites (tertiary alicyclic amines) is 1. The van der Waals surface area contributed by atoms with Crippen molar-refractivity contribution in [2.45, 2.75) is 31.0 Å². The van der Waals surface area contributed by atoms with Gasteiger partial charge in [-0.15, -0.1) is 0 Å². The summed E-state index contributed by atoms with van der Waals surface area (Å²) in [6.45, 7) is -0.0210. The minimum Gasteiger partial charge on any atom is -0.370 e. The summed E-state index contributed by atoms with van der Waals surface area (Å²) in [5.41, 5.74) is 5.69. The Morgan fingerprint density at radius 1 is 1.06 bits per heavy atom. The molecular weight excluding hydrogens is 415 g/mol. The summed E-state index contributed by atoms with van der Waals surface area (Å²) in [5, 5.41) is 6.06. The molecule has 1 spiro atoms. The van der Waals surface area contributed by atoms with Gasteiger partial charge >= 0.3 is 0 Å². The number of hydrogen-bond donors (Lipinski definition) is 3. The number of imide groups is 1. The van der Waals surface area contributed by atoms with Crippen molar-refractivity contribution in [1.82, 2.24) is 10.2 Å². The zero-order valence-corrected chi connectivity index (χ0v) is 17.0. The summed E-state index contributed by atoms with van der Waals surface area (Å²) < 4.78 is 13.3. The topological polar surface area (TPSA) is 122 Å². The van der Waals surface area contributed by atoms with Crippen molar-refractivity contribution >= 4 is 29.3 Å². The van der Waals surface area contributed by atoms with E-state index in [1.165, 1.54) is 24.3 Å². The number of rotatable bonds is 5. The standard InChI is InChI=1S/C23H21FN4O4/c24-13-7-5-12(6-8-13)11-28-20(30)18-16(9-10-17(25)29)27-23(19(18)21(28)31)14-3-1-2-4-15(14)26-22(23)32/h1-8,16,18-19,27H,9-11H2,(H2,25,29)(H,26,32)/t16-,18+,19-,23+/m0/s1. The summed E-state index contributed by atoms with van der Waals surface area (Å²) >= 11 is 0. The minimum absolute atomic E-state index is 0.0136. The molecule has 164 valence electrons. The van der Waals surface area contributed by atoms with Gasteiger partial charge in [-0.25, -0.2) is 4.39 Å². The fourth-order valence-corrected chi connectivity index (χ4v) is 5.29. The number of amides is 4. The van der Waals surface area contributed by atoms with Gasteiger partial charge in [0.1, 0.15) is 11.4 Å². The largest absolute Gasteiger partial charge is 0.370 e. The van der Waals surface area contributed by atoms with E-state index in [0.717, 1.165) is 4.90 Å². The molecule has 3 heterocycles. The van der Waals surface area contributed by atoms with E-state index in [0.29, 0.717) is 16.8 Å². The van der Waals surface area contributed by atoms with Gasteiger partial charge in [-0.1, -0.05) is 30.3 Å². The predicted octanol–water partition coefficient (Wildman–Crippen LogP) is 1.01. The Balaban J connectivity index is 1.56. The van der Waals surface area contributed by atoms with Gasteiger partial charge in [0.25, 0.3) is 0 Å². The molecular formula is C23H21FN4O4. The first-order valence-electron chi connectivity index (χ1n) is 10.4. The molecule has 3 aliphatic heterocycles. The van der Waals surface area contributed by atoms with Crippen LogP contribution in [-0.4, -0.2) is 34.6 Å². The van der Waals surface area contributed by atoms with Crippen molar-refractivity contribution in [1.29, 1.82) is 0 Å². The Morgan fingerprint density at radius 2 is 1.78 bits per heavy atom. The fourth-order valence-electron chi connectivity index (χ4n) is 5.29. The average Bonchev–Trinajstić information content (AvgIpc) is 3.34. The van der Waals surface area contributed by atoms with Crippen LogP contribution in [0.15, 0.2) is 48.5 Å². The van der Waals surface area contributed by atoms with Crippen molar-refractivity contribution in [3.8, 4) is 0 Å². The molecule has 0 radical (unpaired) electrons. The predicted molar refractivity (Wildman–Crippen MR) is 111 cm³/mol. The fraction of sp³-hybridized carbons (Fsp3) is 0.304. The summed E-state index contributed by atoms with van der Waals surface area (Å²) in [6.07, 6.45) is 0.233. The highest BCUT2D eigenvalue weighted by Gasteiger charge is 2.70. The second kappa shape index (κ2) is 7.23. The number of halogens is 1. The SMILES string of the molecule is NC(=O)CC[C@@H]1N[C@@]2(C(=O)Nc3ccccc32)[C@@H]2C(=O)N(Cc3ccc(F)cc3)C(=O)[C@H]12. The Kier molecular flexibility index (Phi) is 4.59. The highest BCUT2D eigenvalue weighted by molar-refractivity contribution is 6.15. The van der Waals surface area contributed by atoms with Crippen LogP contribution in [0.25, 0.3) is 0 Å². The van der Waals surface area contributed by atoms with Crippen LogP contribution in [0.1, 0.15) is 24.0 Å². The van der Waals surface area contributed by atoms with E-state index in [-0.39, 0.29) is 19.4 Å². The molecule has 4 atom stereocenters. The Hall–Kier alpha value is -3.59. The maximum atomic E-state index is 13.6. The van der Waals surface area contributed by atoms with Gasteiger partial charge in [0.2, 0.25) is 23.6 Å². The van der Waals surface area contributed by atoms with Gasteiger partial charge in [-0.3, -0.25) is 29.4 Å². The number of para-hydroxylation sites is 1. The third-order valence-corrected chi connectivity index (χ3v) is 6.67. The molecule has 2 saturated heterocycles. The van der Waals surface area contributed by atoms with E-state index >= 15 is 0 Å². The molecule has 3 aliphatic rings. The van der Waals surface area contributed by atoms with Crippen molar-refractivity contribution in [2.75, 3.05) is 5.32 Å². The highest BCUT2D eigenvalue weighted by atomic mass is 19.1. The molecule has 8 nitrogen and oxygen atoms in total. The molecule has 0 saturated carbocycles. The van der Waals surface area contributed by atoms with Crippen LogP contribution in [0.5, 0.6) is 0 Å². The van der Waals surface area contributed by atoms with E-state index in [1.54, 1.807) is 24.3 Å². The smallest absolute Gasteiger partial charge is 0.250 e. The molecule has 0 unspecified atom stereocenters. The number of nitrogens with two attached hydrogens (primary N) is 1. The number of primary amides is 1. The van der Waals surface area contributed by atoms with E-state index in [9.17, 15) is 23.6 Å². The van der Waals surface area contributed by atoms with E-state index in [4.69, 9.17) is 5.73 Å². The van der Waals surface area contributed by atoms with Crippen LogP contribution in [0, 0.1) is 17.7 Å². The first kappa shape index (κ1) is 20.3. The van der Waals surface area contributed by atoms with Crippen molar-refractivity contribution < 1.29 is 23.6 Å². The zero-order valence-electron chi connectivity index (χ0n) is 17.0. The third-order valence-electron chi connectivity index (χ3n) is 6.67. The molecule has 2 fully saturated rings. The quantitative estimate of drug-likeness (QED) is 0.604. The summed E-state index contributed by atoms with van der Waals surface area (Å²) in [5.74, 6) is -4.01. The molecule has 5 rings (SSSR count). The maximum Gasteiger partial charge on any atom is 0.250 e. The van der Waals surface area contributed by atoms with Gasteiger partial charge in [-0.2, -0.15) is 0 Å². The molecule has 4 N–H and O–H groups in total. The summed E-state index contributed by atoms with van der Waals surface area (Å²) in [4.78, 5) is 52.8. The third kappa shape index (κ3) is 2.85. The number of hydrogen-bond acceptors (Lipinski definition) is 5. The molecule has 0 bridgehead atoms. The molecule has 9 heteroatoms. The number of fused-ring (bicyclic) bond motifs is 4. The van der Waals surface area contributed by atoms with E-state index in [2.05, 4.69) is 10.6 Å². The zero-order chi connectivity index (χ0) is 22.6. The number of anilines is 1. The van der Waals surface area contributed by atoms with Gasteiger partial charge < -0.3 is 11.1 Å². The van der Waals surface area contributed by atoms with Gasteiger partial charge in [0, 0.05) is 23.7 Å². The minimum atomic E-state index is -1.41. The monoisotopic (exact) mass is 436 g/mol. The first-order valence-corrected chi connectivity index (χ1v) is 10.4. The lowest BCUT2D eigenvalue weighted by atomic mass is 9.76. The summed E-state index contributed by atoms with van der Waals surface area (Å²) in [6, 6.07) is 12.0. The molecule has 2 aromatic carbocycles. The lowest BCUT2D eigenvalue weighted by Crippen LogP contribution is -2.53. The van der Waals surface area contributed by atoms with E-state index in [1.807, 2.05) is 0 Å². The lowest BCUT2D eigenvalue weighted by molar-refractivity contribution is -0.143. The molecule has 2 aromatic rings. The van der Waals surface area contributed by atoms with Crippen LogP contribution in [0.2, 0.25) is 0 Å². The van der Waals surface area contributed by atoms with Crippen molar-refractivity contribution in [2.24, 2.45) is 17.6 Å². The number of nitrogens with one attached hydrogen (secondary N) is 2. The summed E-state index contributed by atoms with van der Waals surface area (Å²) in [7, 11) is 0. The van der Waals surface area contributed by atoms with Gasteiger partial charge in [-0.05, 0) is 30.2 Å². The van der Waals surface area contributed by atoms with Gasteiger partial charge in [0.05, 0.1) is 18.4 Å². The normalized spacial score (nSPS) is 28.2. The number of benzene rings is 2. The Morgan fingerprint density at radius 3 is 2.50 bits per heavy atom. The number of nitrogens with zero attached hydrogens (tertiary/aromatic N) is 1. The van der Waals surface area contributed by atoms with E-state index < -0.39 is 52.9 Å². The lowest BCUT2D eigenvalue weighted by Gasteiger charge is -2.29. The molecule has 4 amide bonds. The van der Waals surface area contributed by atoms with Crippen LogP contribution >= 0.6 is 0 Å². The number of carbonyl (C=O) groups is 4. The Labute approximate surface area is 182 Å². The molecule has 32 heavy (non-hydrogen) atoms. The second-order valence-electron chi connectivity index (χ2n) is 8.46. The average molecular weight is 436 g/mol. The van der Waals surface area contributed by atoms with Crippen molar-refractivity contribution in [3.63, 3.8) is 0 Å². The highest BCUT2D eigenvalue weighted by Crippen LogP contribution is 2.53. The van der Waals surface area contributed by atoms with Crippen LogP contribution < -0.4 is 16.4 Å². The number of carbonyl (C=O) groups excluding carboxylic acids is 4. The first-order chi connectivity index (χ1) is 15.3. The molecule has 0 aliphatic carbocycles.